The van der Waals surface area contributed by atoms with Gasteiger partial charge in [0, 0.05) is 6.42 Å². The fourth-order valence-electron chi connectivity index (χ4n) is 0.681. The average molecular weight is 141 g/mol. The van der Waals surface area contributed by atoms with Gasteiger partial charge in [0.15, 0.2) is 0 Å². The van der Waals surface area contributed by atoms with Crippen LogP contribution in [0.5, 0.6) is 0 Å². The van der Waals surface area contributed by atoms with Crippen LogP contribution in [0.15, 0.2) is 11.6 Å². The number of hydrogen-bond acceptors (Lipinski definition) is 2. The Morgan fingerprint density at radius 3 is 2.80 bits per heavy atom. The topological polar surface area (TPSA) is 67.8 Å². The van der Waals surface area contributed by atoms with Gasteiger partial charge in [-0.2, -0.15) is 0 Å². The van der Waals surface area contributed by atoms with Crippen molar-refractivity contribution in [2.45, 2.75) is 25.3 Å². The molecule has 1 aliphatic carbocycles. The van der Waals surface area contributed by atoms with Crippen LogP contribution in [-0.4, -0.2) is 12.0 Å². The maximum atomic E-state index is 10.1. The molecule has 1 rings (SSSR count). The van der Waals surface area contributed by atoms with Crippen molar-refractivity contribution in [3.8, 4) is 0 Å². The van der Waals surface area contributed by atoms with Crippen molar-refractivity contribution in [1.82, 2.24) is 0 Å². The summed E-state index contributed by atoms with van der Waals surface area (Å²) in [6, 6.07) is -0.576. The summed E-state index contributed by atoms with van der Waals surface area (Å²) in [5, 5.41) is 10.1. The van der Waals surface area contributed by atoms with Crippen LogP contribution >= 0.6 is 0 Å². The smallest absolute Gasteiger partial charge is 0.128 e. The van der Waals surface area contributed by atoms with Crippen LogP contribution in [0.25, 0.3) is 0 Å². The average Bonchev–Trinajstić information content (AvgIpc) is 2.64. The first kappa shape index (κ1) is 7.28. The third-order valence-electron chi connectivity index (χ3n) is 1.56. The molecular weight excluding hydrogens is 130 g/mol. The molecule has 3 heteroatoms. The van der Waals surface area contributed by atoms with Gasteiger partial charge in [0.05, 0.1) is 5.97 Å². The van der Waals surface area contributed by atoms with Crippen LogP contribution in [0.3, 0.4) is 0 Å². The zero-order chi connectivity index (χ0) is 7.56. The van der Waals surface area contributed by atoms with E-state index in [4.69, 9.17) is 0 Å². The number of allylic oxidation sites excluding steroid dienone is 1. The number of hydrogen-bond donors (Lipinski definition) is 1. The second-order valence-corrected chi connectivity index (χ2v) is 2.61. The molecule has 10 heavy (non-hydrogen) atoms. The fourth-order valence-corrected chi connectivity index (χ4v) is 0.681. The van der Waals surface area contributed by atoms with Gasteiger partial charge in [-0.3, -0.25) is 0 Å². The normalized spacial score (nSPS) is 18.3. The van der Waals surface area contributed by atoms with Gasteiger partial charge in [0.25, 0.3) is 0 Å². The first-order valence-electron chi connectivity index (χ1n) is 3.42. The Morgan fingerprint density at radius 2 is 2.40 bits per heavy atom. The van der Waals surface area contributed by atoms with Crippen molar-refractivity contribution in [3.63, 3.8) is 0 Å². The lowest BCUT2D eigenvalue weighted by Crippen LogP contribution is -2.68. The van der Waals surface area contributed by atoms with E-state index in [0.29, 0.717) is 6.42 Å². The predicted molar refractivity (Wildman–Crippen MR) is 33.6 cm³/mol. The standard InChI is InChI=1S/C7H11NO2/c8-6(7(9)10)4-3-5-1-2-5/h3,6H,1-2,4,8H2,(H,9,10). The van der Waals surface area contributed by atoms with Gasteiger partial charge >= 0.3 is 0 Å². The number of carboxylic acid groups (broad SMARTS) is 1. The lowest BCUT2D eigenvalue weighted by Gasteiger charge is -2.04. The SMILES string of the molecule is [NH3+]C(CC=C1CC1)C(=O)[O-]. The number of carbonyl (C=O) groups is 1. The zero-order valence-electron chi connectivity index (χ0n) is 5.80. The highest BCUT2D eigenvalue weighted by molar-refractivity contribution is 5.69. The molecule has 0 aromatic carbocycles. The summed E-state index contributed by atoms with van der Waals surface area (Å²) < 4.78 is 0. The first-order chi connectivity index (χ1) is 4.70. The second kappa shape index (κ2) is 2.84. The number of aliphatic carboxylic acids is 1. The molecule has 1 unspecified atom stereocenters. The molecule has 0 aliphatic heterocycles. The molecule has 0 radical (unpaired) electrons. The molecule has 0 aromatic rings. The zero-order valence-corrected chi connectivity index (χ0v) is 5.80. The maximum Gasteiger partial charge on any atom is 0.128 e. The van der Waals surface area contributed by atoms with E-state index in [2.05, 4.69) is 5.73 Å². The summed E-state index contributed by atoms with van der Waals surface area (Å²) in [6.45, 7) is 0. The quantitative estimate of drug-likeness (QED) is 0.484. The lowest BCUT2D eigenvalue weighted by molar-refractivity contribution is -0.436. The summed E-state index contributed by atoms with van der Waals surface area (Å²) in [5.74, 6) is -1.06. The van der Waals surface area contributed by atoms with E-state index in [1.165, 1.54) is 5.57 Å². The van der Waals surface area contributed by atoms with Crippen molar-refractivity contribution in [2.24, 2.45) is 0 Å². The number of carbonyl (C=O) groups excluding carboxylic acids is 1. The molecule has 56 valence electrons. The van der Waals surface area contributed by atoms with Crippen LogP contribution in [0, 0.1) is 0 Å². The van der Waals surface area contributed by atoms with E-state index in [0.717, 1.165) is 12.8 Å². The van der Waals surface area contributed by atoms with Crippen molar-refractivity contribution < 1.29 is 15.6 Å². The summed E-state index contributed by atoms with van der Waals surface area (Å²) in [5.41, 5.74) is 4.79. The molecule has 0 aromatic heterocycles. The van der Waals surface area contributed by atoms with Crippen molar-refractivity contribution in [3.05, 3.63) is 11.6 Å². The number of carboxylic acids is 1. The maximum absolute atomic E-state index is 10.1. The van der Waals surface area contributed by atoms with Gasteiger partial charge in [0.2, 0.25) is 0 Å². The van der Waals surface area contributed by atoms with Gasteiger partial charge in [-0.1, -0.05) is 11.6 Å². The van der Waals surface area contributed by atoms with Crippen LogP contribution < -0.4 is 10.8 Å². The van der Waals surface area contributed by atoms with Gasteiger partial charge in [0.1, 0.15) is 6.04 Å². The lowest BCUT2D eigenvalue weighted by atomic mass is 10.2. The highest BCUT2D eigenvalue weighted by Crippen LogP contribution is 2.27. The predicted octanol–water partition coefficient (Wildman–Crippen LogP) is -1.54. The Balaban J connectivity index is 2.23. The third-order valence-corrected chi connectivity index (χ3v) is 1.56. The van der Waals surface area contributed by atoms with Crippen LogP contribution in [0.4, 0.5) is 0 Å². The monoisotopic (exact) mass is 141 g/mol. The molecule has 0 spiro atoms. The van der Waals surface area contributed by atoms with Gasteiger partial charge in [-0.15, -0.1) is 0 Å². The van der Waals surface area contributed by atoms with Crippen molar-refractivity contribution in [1.29, 1.82) is 0 Å². The molecule has 1 aliphatic rings. The molecule has 0 bridgehead atoms. The van der Waals surface area contributed by atoms with E-state index in [1.807, 2.05) is 6.08 Å². The highest BCUT2D eigenvalue weighted by Gasteiger charge is 2.12. The van der Waals surface area contributed by atoms with E-state index < -0.39 is 12.0 Å². The summed E-state index contributed by atoms with van der Waals surface area (Å²) >= 11 is 0. The Hall–Kier alpha value is -0.830. The van der Waals surface area contributed by atoms with E-state index in [1.54, 1.807) is 0 Å². The van der Waals surface area contributed by atoms with Gasteiger partial charge in [-0.05, 0) is 12.8 Å². The largest absolute Gasteiger partial charge is 0.544 e. The summed E-state index contributed by atoms with van der Waals surface area (Å²) in [6.07, 6.45) is 4.75. The van der Waals surface area contributed by atoms with E-state index in [-0.39, 0.29) is 0 Å². The molecule has 1 atom stereocenters. The minimum atomic E-state index is -1.06. The Morgan fingerprint density at radius 1 is 1.80 bits per heavy atom. The number of rotatable bonds is 3. The molecule has 0 saturated heterocycles. The minimum absolute atomic E-state index is 0.525. The van der Waals surface area contributed by atoms with Crippen molar-refractivity contribution in [2.75, 3.05) is 0 Å². The highest BCUT2D eigenvalue weighted by atomic mass is 16.4. The molecule has 3 N–H and O–H groups in total. The molecule has 1 fully saturated rings. The minimum Gasteiger partial charge on any atom is -0.544 e. The summed E-state index contributed by atoms with van der Waals surface area (Å²) in [4.78, 5) is 10.1. The van der Waals surface area contributed by atoms with Gasteiger partial charge in [-0.25, -0.2) is 0 Å². The molecule has 3 nitrogen and oxygen atoms in total. The summed E-state index contributed by atoms with van der Waals surface area (Å²) in [7, 11) is 0. The molecule has 1 saturated carbocycles. The molecule has 0 heterocycles. The van der Waals surface area contributed by atoms with E-state index in [9.17, 15) is 9.90 Å². The Kier molecular flexibility index (Phi) is 2.06. The van der Waals surface area contributed by atoms with Crippen LogP contribution in [-0.2, 0) is 4.79 Å². The van der Waals surface area contributed by atoms with Gasteiger partial charge < -0.3 is 15.6 Å². The Labute approximate surface area is 59.5 Å². The van der Waals surface area contributed by atoms with E-state index >= 15 is 0 Å². The molecular formula is C7H11NO2. The Bertz CT molecular complexity index is 168. The third kappa shape index (κ3) is 2.19. The van der Waals surface area contributed by atoms with Crippen LogP contribution in [0.1, 0.15) is 19.3 Å². The molecule has 0 amide bonds. The fraction of sp³-hybridized carbons (Fsp3) is 0.571. The van der Waals surface area contributed by atoms with Crippen molar-refractivity contribution >= 4 is 5.97 Å². The van der Waals surface area contributed by atoms with Crippen LogP contribution in [0.2, 0.25) is 0 Å². The second-order valence-electron chi connectivity index (χ2n) is 2.61. The first-order valence-corrected chi connectivity index (χ1v) is 3.42. The number of quaternary nitrogens is 1.